The van der Waals surface area contributed by atoms with Crippen molar-refractivity contribution in [2.45, 2.75) is 33.2 Å². The first-order chi connectivity index (χ1) is 9.93. The summed E-state index contributed by atoms with van der Waals surface area (Å²) >= 11 is 0. The molecule has 0 radical (unpaired) electrons. The van der Waals surface area contributed by atoms with E-state index < -0.39 is 0 Å². The zero-order valence-corrected chi connectivity index (χ0v) is 12.7. The van der Waals surface area contributed by atoms with E-state index in [1.165, 1.54) is 6.07 Å². The van der Waals surface area contributed by atoms with E-state index in [9.17, 15) is 9.59 Å². The minimum absolute atomic E-state index is 0.168. The van der Waals surface area contributed by atoms with Crippen molar-refractivity contribution >= 4 is 5.91 Å². The van der Waals surface area contributed by atoms with Gasteiger partial charge in [0.25, 0.3) is 5.91 Å². The summed E-state index contributed by atoms with van der Waals surface area (Å²) in [6.07, 6.45) is 2.40. The normalized spacial score (nSPS) is 12.2. The Balaban J connectivity index is 2.29. The topological polar surface area (TPSA) is 79.8 Å². The van der Waals surface area contributed by atoms with E-state index in [0.717, 1.165) is 11.4 Å². The van der Waals surface area contributed by atoms with Crippen molar-refractivity contribution in [3.05, 3.63) is 51.2 Å². The van der Waals surface area contributed by atoms with Gasteiger partial charge in [0.1, 0.15) is 5.56 Å². The molecule has 112 valence electrons. The Morgan fingerprint density at radius 2 is 2.19 bits per heavy atom. The molecular formula is C15H20N4O2. The van der Waals surface area contributed by atoms with E-state index in [1.54, 1.807) is 24.7 Å². The van der Waals surface area contributed by atoms with Crippen LogP contribution in [0.1, 0.15) is 46.8 Å². The number of carbonyl (C=O) groups excluding carboxylic acids is 1. The van der Waals surface area contributed by atoms with Gasteiger partial charge in [-0.2, -0.15) is 5.10 Å². The highest BCUT2D eigenvalue weighted by Gasteiger charge is 2.20. The van der Waals surface area contributed by atoms with Crippen molar-refractivity contribution in [2.24, 2.45) is 7.05 Å². The fraction of sp³-hybridized carbons (Fsp3) is 0.400. The summed E-state index contributed by atoms with van der Waals surface area (Å²) in [6, 6.07) is 3.12. The van der Waals surface area contributed by atoms with Crippen LogP contribution in [0.4, 0.5) is 0 Å². The highest BCUT2D eigenvalue weighted by molar-refractivity contribution is 5.95. The van der Waals surface area contributed by atoms with E-state index in [1.807, 2.05) is 20.0 Å². The lowest BCUT2D eigenvalue weighted by molar-refractivity contribution is 0.0932. The smallest absolute Gasteiger partial charge is 0.257 e. The summed E-state index contributed by atoms with van der Waals surface area (Å²) in [6.45, 7) is 5.50. The number of aromatic nitrogens is 3. The number of hydrogen-bond donors (Lipinski definition) is 2. The molecule has 0 aliphatic heterocycles. The molecule has 0 unspecified atom stereocenters. The molecule has 0 aliphatic carbocycles. The second-order valence-electron chi connectivity index (χ2n) is 5.13. The molecule has 0 aliphatic rings. The molecule has 0 saturated heterocycles. The highest BCUT2D eigenvalue weighted by Crippen LogP contribution is 2.16. The van der Waals surface area contributed by atoms with Gasteiger partial charge in [-0.1, -0.05) is 6.92 Å². The van der Waals surface area contributed by atoms with Gasteiger partial charge in [0.05, 0.1) is 11.7 Å². The first kappa shape index (κ1) is 15.0. The molecule has 6 heteroatoms. The average Bonchev–Trinajstić information content (AvgIpc) is 2.81. The Hall–Kier alpha value is -2.37. The summed E-state index contributed by atoms with van der Waals surface area (Å²) in [4.78, 5) is 27.5. The lowest BCUT2D eigenvalue weighted by Gasteiger charge is -2.17. The molecule has 0 spiro atoms. The van der Waals surface area contributed by atoms with Crippen molar-refractivity contribution in [2.75, 3.05) is 0 Å². The van der Waals surface area contributed by atoms with E-state index in [0.29, 0.717) is 12.1 Å². The van der Waals surface area contributed by atoms with Gasteiger partial charge >= 0.3 is 0 Å². The number of hydrogen-bond acceptors (Lipinski definition) is 3. The van der Waals surface area contributed by atoms with Gasteiger partial charge in [0.15, 0.2) is 5.43 Å². The van der Waals surface area contributed by atoms with Gasteiger partial charge in [-0.25, -0.2) is 0 Å². The van der Waals surface area contributed by atoms with Gasteiger partial charge in [-0.3, -0.25) is 14.3 Å². The Morgan fingerprint density at radius 1 is 1.48 bits per heavy atom. The Labute approximate surface area is 123 Å². The van der Waals surface area contributed by atoms with Crippen LogP contribution in [0.3, 0.4) is 0 Å². The van der Waals surface area contributed by atoms with E-state index in [-0.39, 0.29) is 22.9 Å². The summed E-state index contributed by atoms with van der Waals surface area (Å²) in [5.74, 6) is -0.359. The van der Waals surface area contributed by atoms with Gasteiger partial charge < -0.3 is 10.3 Å². The number of aromatic amines is 1. The number of H-pyrrole nitrogens is 1. The Morgan fingerprint density at radius 3 is 2.71 bits per heavy atom. The molecule has 2 aromatic heterocycles. The molecule has 6 nitrogen and oxygen atoms in total. The molecule has 0 saturated carbocycles. The molecule has 1 atom stereocenters. The third kappa shape index (κ3) is 3.04. The monoisotopic (exact) mass is 288 g/mol. The molecule has 2 heterocycles. The second kappa shape index (κ2) is 5.95. The van der Waals surface area contributed by atoms with Crippen LogP contribution in [0.2, 0.25) is 0 Å². The van der Waals surface area contributed by atoms with Crippen LogP contribution in [-0.2, 0) is 7.05 Å². The Bertz CT molecular complexity index is 715. The zero-order chi connectivity index (χ0) is 15.6. The minimum Gasteiger partial charge on any atom is -0.362 e. The van der Waals surface area contributed by atoms with Crippen molar-refractivity contribution in [3.8, 4) is 0 Å². The van der Waals surface area contributed by atoms with Crippen molar-refractivity contribution < 1.29 is 4.79 Å². The van der Waals surface area contributed by atoms with Crippen LogP contribution in [0.5, 0.6) is 0 Å². The van der Waals surface area contributed by atoms with Gasteiger partial charge in [0, 0.05) is 30.7 Å². The molecule has 2 rings (SSSR count). The molecule has 0 aromatic carbocycles. The van der Waals surface area contributed by atoms with Crippen LogP contribution in [0, 0.1) is 13.8 Å². The number of carbonyl (C=O) groups is 1. The first-order valence-electron chi connectivity index (χ1n) is 6.93. The number of nitrogens with zero attached hydrogens (tertiary/aromatic N) is 2. The number of nitrogens with one attached hydrogen (secondary N) is 2. The molecule has 2 aromatic rings. The van der Waals surface area contributed by atoms with E-state index in [2.05, 4.69) is 15.4 Å². The van der Waals surface area contributed by atoms with Gasteiger partial charge in [-0.15, -0.1) is 0 Å². The molecular weight excluding hydrogens is 268 g/mol. The first-order valence-corrected chi connectivity index (χ1v) is 6.93. The van der Waals surface area contributed by atoms with Crippen LogP contribution in [-0.4, -0.2) is 20.7 Å². The lowest BCUT2D eigenvalue weighted by Crippen LogP contribution is -2.33. The third-order valence-corrected chi connectivity index (χ3v) is 3.51. The maximum Gasteiger partial charge on any atom is 0.257 e. The fourth-order valence-corrected chi connectivity index (χ4v) is 2.47. The molecule has 0 fully saturated rings. The number of pyridine rings is 1. The van der Waals surface area contributed by atoms with Crippen molar-refractivity contribution in [1.29, 1.82) is 0 Å². The van der Waals surface area contributed by atoms with Crippen LogP contribution >= 0.6 is 0 Å². The SMILES string of the molecule is CC[C@H](NC(=O)c1c(C)[nH]c(C)cc1=O)c1ccnn1C. The quantitative estimate of drug-likeness (QED) is 0.897. The summed E-state index contributed by atoms with van der Waals surface area (Å²) in [5, 5.41) is 7.02. The predicted octanol–water partition coefficient (Wildman–Crippen LogP) is 1.61. The molecule has 1 amide bonds. The third-order valence-electron chi connectivity index (χ3n) is 3.51. The number of amides is 1. The number of rotatable bonds is 4. The molecule has 2 N–H and O–H groups in total. The standard InChI is InChI=1S/C15H20N4O2/c1-5-11(12-6-7-16-19(12)4)18-15(21)14-10(3)17-9(2)8-13(14)20/h6-8,11H,5H2,1-4H3,(H,17,20)(H,18,21)/t11-/m0/s1. The van der Waals surface area contributed by atoms with Crippen molar-refractivity contribution in [3.63, 3.8) is 0 Å². The van der Waals surface area contributed by atoms with Crippen LogP contribution in [0.15, 0.2) is 23.1 Å². The van der Waals surface area contributed by atoms with Crippen LogP contribution in [0.25, 0.3) is 0 Å². The van der Waals surface area contributed by atoms with E-state index in [4.69, 9.17) is 0 Å². The lowest BCUT2D eigenvalue weighted by atomic mass is 10.1. The maximum absolute atomic E-state index is 12.4. The summed E-state index contributed by atoms with van der Waals surface area (Å²) in [7, 11) is 1.83. The minimum atomic E-state index is -0.359. The zero-order valence-electron chi connectivity index (χ0n) is 12.7. The van der Waals surface area contributed by atoms with Gasteiger partial charge in [-0.05, 0) is 26.3 Å². The predicted molar refractivity (Wildman–Crippen MR) is 80.2 cm³/mol. The largest absolute Gasteiger partial charge is 0.362 e. The fourth-order valence-electron chi connectivity index (χ4n) is 2.47. The second-order valence-corrected chi connectivity index (χ2v) is 5.13. The summed E-state index contributed by atoms with van der Waals surface area (Å²) < 4.78 is 1.72. The number of aryl methyl sites for hydroxylation is 3. The maximum atomic E-state index is 12.4. The average molecular weight is 288 g/mol. The molecule has 21 heavy (non-hydrogen) atoms. The van der Waals surface area contributed by atoms with Crippen molar-refractivity contribution in [1.82, 2.24) is 20.1 Å². The van der Waals surface area contributed by atoms with E-state index >= 15 is 0 Å². The highest BCUT2D eigenvalue weighted by atomic mass is 16.2. The Kier molecular flexibility index (Phi) is 4.26. The molecule has 0 bridgehead atoms. The van der Waals surface area contributed by atoms with Crippen LogP contribution < -0.4 is 10.7 Å². The summed E-state index contributed by atoms with van der Waals surface area (Å²) in [5.41, 5.74) is 2.14. The van der Waals surface area contributed by atoms with Gasteiger partial charge in [0.2, 0.25) is 0 Å².